The normalized spacial score (nSPS) is 10.4. The first-order valence-corrected chi connectivity index (χ1v) is 7.66. The lowest BCUT2D eigenvalue weighted by Gasteiger charge is -2.09. The molecular formula is C13H7Br2Cl2NO2. The van der Waals surface area contributed by atoms with Crippen molar-refractivity contribution in [3.8, 4) is 5.75 Å². The number of hydrogen-bond donors (Lipinski definition) is 2. The smallest absolute Gasteiger partial charge is 0.255 e. The lowest BCUT2D eigenvalue weighted by Crippen LogP contribution is -2.12. The summed E-state index contributed by atoms with van der Waals surface area (Å²) in [5.41, 5.74) is 0.574. The first kappa shape index (κ1) is 15.6. The van der Waals surface area contributed by atoms with Gasteiger partial charge in [0, 0.05) is 19.5 Å². The third-order valence-corrected chi connectivity index (χ3v) is 3.82. The molecule has 3 nitrogen and oxygen atoms in total. The molecule has 0 aliphatic carbocycles. The highest BCUT2D eigenvalue weighted by molar-refractivity contribution is 9.11. The number of anilines is 1. The Kier molecular flexibility index (Phi) is 4.96. The molecule has 0 aromatic heterocycles. The van der Waals surface area contributed by atoms with Gasteiger partial charge in [0.15, 0.2) is 5.75 Å². The number of carbonyl (C=O) groups excluding carboxylic acids is 1. The maximum Gasteiger partial charge on any atom is 0.255 e. The summed E-state index contributed by atoms with van der Waals surface area (Å²) in [6.07, 6.45) is 0. The van der Waals surface area contributed by atoms with Crippen LogP contribution in [-0.4, -0.2) is 11.0 Å². The van der Waals surface area contributed by atoms with Gasteiger partial charge in [0.25, 0.3) is 5.91 Å². The molecule has 0 aliphatic rings. The van der Waals surface area contributed by atoms with E-state index in [2.05, 4.69) is 37.2 Å². The fourth-order valence-corrected chi connectivity index (χ4v) is 3.33. The Balaban J connectivity index is 2.32. The zero-order chi connectivity index (χ0) is 14.9. The van der Waals surface area contributed by atoms with Crippen LogP contribution in [0, 0.1) is 0 Å². The van der Waals surface area contributed by atoms with Crippen LogP contribution in [0.25, 0.3) is 0 Å². The Morgan fingerprint density at radius 3 is 2.25 bits per heavy atom. The highest BCUT2D eigenvalue weighted by Gasteiger charge is 2.13. The van der Waals surface area contributed by atoms with E-state index in [4.69, 9.17) is 23.2 Å². The standard InChI is InChI=1S/C13H7Br2Cl2NO2/c14-7-1-6(2-8(15)3-7)13(20)18-11-5-9(16)4-10(17)12(11)19/h1-5,19H,(H,18,20). The van der Waals surface area contributed by atoms with Crippen molar-refractivity contribution in [3.05, 3.63) is 54.9 Å². The number of aromatic hydroxyl groups is 1. The molecule has 104 valence electrons. The molecule has 2 aromatic rings. The van der Waals surface area contributed by atoms with E-state index in [1.165, 1.54) is 12.1 Å². The molecule has 0 spiro atoms. The first-order valence-electron chi connectivity index (χ1n) is 5.32. The van der Waals surface area contributed by atoms with Gasteiger partial charge >= 0.3 is 0 Å². The van der Waals surface area contributed by atoms with Gasteiger partial charge in [-0.05, 0) is 30.3 Å². The quantitative estimate of drug-likeness (QED) is 0.609. The van der Waals surface area contributed by atoms with Gasteiger partial charge in [-0.15, -0.1) is 0 Å². The molecule has 20 heavy (non-hydrogen) atoms. The molecule has 7 heteroatoms. The summed E-state index contributed by atoms with van der Waals surface area (Å²) in [6, 6.07) is 7.94. The van der Waals surface area contributed by atoms with Crippen LogP contribution in [-0.2, 0) is 0 Å². The van der Waals surface area contributed by atoms with Crippen molar-refractivity contribution in [2.24, 2.45) is 0 Å². The molecule has 0 bridgehead atoms. The Hall–Kier alpha value is -0.750. The van der Waals surface area contributed by atoms with Crippen LogP contribution in [0.2, 0.25) is 10.0 Å². The second kappa shape index (κ2) is 6.35. The predicted octanol–water partition coefficient (Wildman–Crippen LogP) is 5.48. The van der Waals surface area contributed by atoms with E-state index in [0.29, 0.717) is 10.6 Å². The topological polar surface area (TPSA) is 49.3 Å². The van der Waals surface area contributed by atoms with Crippen LogP contribution in [0.15, 0.2) is 39.3 Å². The van der Waals surface area contributed by atoms with Crippen molar-refractivity contribution < 1.29 is 9.90 Å². The van der Waals surface area contributed by atoms with Gasteiger partial charge in [0.2, 0.25) is 0 Å². The van der Waals surface area contributed by atoms with E-state index in [1.807, 2.05) is 6.07 Å². The number of rotatable bonds is 2. The van der Waals surface area contributed by atoms with E-state index >= 15 is 0 Å². The first-order chi connectivity index (χ1) is 9.36. The molecular weight excluding hydrogens is 433 g/mol. The maximum absolute atomic E-state index is 12.1. The Bertz CT molecular complexity index is 672. The van der Waals surface area contributed by atoms with Gasteiger partial charge in [0.1, 0.15) is 0 Å². The van der Waals surface area contributed by atoms with E-state index in [0.717, 1.165) is 8.95 Å². The number of phenolic OH excluding ortho intramolecular Hbond substituents is 1. The van der Waals surface area contributed by atoms with E-state index < -0.39 is 0 Å². The van der Waals surface area contributed by atoms with Crippen LogP contribution < -0.4 is 5.32 Å². The van der Waals surface area contributed by atoms with Crippen LogP contribution in [0.5, 0.6) is 5.75 Å². The SMILES string of the molecule is O=C(Nc1cc(Cl)cc(Cl)c1O)c1cc(Br)cc(Br)c1. The fraction of sp³-hybridized carbons (Fsp3) is 0. The van der Waals surface area contributed by atoms with Gasteiger partial charge in [0.05, 0.1) is 10.7 Å². The van der Waals surface area contributed by atoms with Gasteiger partial charge in [-0.2, -0.15) is 0 Å². The largest absolute Gasteiger partial charge is 0.504 e. The number of hydrogen-bond acceptors (Lipinski definition) is 2. The lowest BCUT2D eigenvalue weighted by molar-refractivity contribution is 0.102. The number of benzene rings is 2. The highest BCUT2D eigenvalue weighted by atomic mass is 79.9. The Labute approximate surface area is 142 Å². The number of halogens is 4. The number of amides is 1. The highest BCUT2D eigenvalue weighted by Crippen LogP contribution is 2.35. The van der Waals surface area contributed by atoms with E-state index in [-0.39, 0.29) is 22.4 Å². The molecule has 0 saturated carbocycles. The molecule has 0 radical (unpaired) electrons. The van der Waals surface area contributed by atoms with Crippen LogP contribution in [0.1, 0.15) is 10.4 Å². The molecule has 0 aliphatic heterocycles. The molecule has 2 aromatic carbocycles. The molecule has 0 heterocycles. The molecule has 1 amide bonds. The van der Waals surface area contributed by atoms with Gasteiger partial charge < -0.3 is 10.4 Å². The Morgan fingerprint density at radius 2 is 1.65 bits per heavy atom. The van der Waals surface area contributed by atoms with Crippen molar-refractivity contribution in [2.75, 3.05) is 5.32 Å². The van der Waals surface area contributed by atoms with E-state index in [9.17, 15) is 9.90 Å². The summed E-state index contributed by atoms with van der Waals surface area (Å²) < 4.78 is 1.51. The molecule has 0 unspecified atom stereocenters. The second-order valence-corrected chi connectivity index (χ2v) is 6.57. The number of nitrogens with one attached hydrogen (secondary N) is 1. The lowest BCUT2D eigenvalue weighted by atomic mass is 10.2. The minimum atomic E-state index is -0.388. The monoisotopic (exact) mass is 437 g/mol. The summed E-state index contributed by atoms with van der Waals surface area (Å²) in [5.74, 6) is -0.612. The molecule has 2 N–H and O–H groups in total. The van der Waals surface area contributed by atoms with E-state index in [1.54, 1.807) is 12.1 Å². The third-order valence-electron chi connectivity index (χ3n) is 2.40. The average Bonchev–Trinajstić information content (AvgIpc) is 2.34. The summed E-state index contributed by atoms with van der Waals surface area (Å²) in [7, 11) is 0. The van der Waals surface area contributed by atoms with Crippen molar-refractivity contribution >= 4 is 66.7 Å². The Morgan fingerprint density at radius 1 is 1.05 bits per heavy atom. The van der Waals surface area contributed by atoms with Crippen LogP contribution in [0.3, 0.4) is 0 Å². The van der Waals surface area contributed by atoms with Crippen molar-refractivity contribution in [2.45, 2.75) is 0 Å². The summed E-state index contributed by atoms with van der Waals surface area (Å²) in [4.78, 5) is 12.1. The summed E-state index contributed by atoms with van der Waals surface area (Å²) in [5, 5.41) is 12.8. The predicted molar refractivity (Wildman–Crippen MR) is 87.9 cm³/mol. The third kappa shape index (κ3) is 3.67. The van der Waals surface area contributed by atoms with Crippen LogP contribution in [0.4, 0.5) is 5.69 Å². The zero-order valence-electron chi connectivity index (χ0n) is 9.75. The second-order valence-electron chi connectivity index (χ2n) is 3.90. The van der Waals surface area contributed by atoms with Gasteiger partial charge in [-0.25, -0.2) is 0 Å². The molecule has 0 atom stereocenters. The maximum atomic E-state index is 12.1. The van der Waals surface area contributed by atoms with Crippen LogP contribution >= 0.6 is 55.1 Å². The van der Waals surface area contributed by atoms with Crippen molar-refractivity contribution in [1.29, 1.82) is 0 Å². The zero-order valence-corrected chi connectivity index (χ0v) is 14.4. The fourth-order valence-electron chi connectivity index (χ4n) is 1.54. The minimum Gasteiger partial charge on any atom is -0.504 e. The molecule has 0 fully saturated rings. The summed E-state index contributed by atoms with van der Waals surface area (Å²) in [6.45, 7) is 0. The molecule has 0 saturated heterocycles. The molecule has 2 rings (SSSR count). The number of carbonyl (C=O) groups is 1. The average molecular weight is 440 g/mol. The van der Waals surface area contributed by atoms with Gasteiger partial charge in [-0.3, -0.25) is 4.79 Å². The van der Waals surface area contributed by atoms with Crippen molar-refractivity contribution in [1.82, 2.24) is 0 Å². The number of phenols is 1. The minimum absolute atomic E-state index is 0.0724. The van der Waals surface area contributed by atoms with Crippen molar-refractivity contribution in [3.63, 3.8) is 0 Å². The summed E-state index contributed by atoms with van der Waals surface area (Å²) >= 11 is 18.2. The van der Waals surface area contributed by atoms with Gasteiger partial charge in [-0.1, -0.05) is 55.1 Å².